The van der Waals surface area contributed by atoms with Crippen LogP contribution in [0, 0.1) is 11.6 Å². The Morgan fingerprint density at radius 1 is 1.39 bits per heavy atom. The highest BCUT2D eigenvalue weighted by molar-refractivity contribution is 9.09. The molecule has 2 nitrogen and oxygen atoms in total. The highest BCUT2D eigenvalue weighted by Gasteiger charge is 2.18. The SMILES string of the molecule is CC(C)N(CCBr)C(=O)Cc1ccc(F)cc1F. The first-order chi connectivity index (χ1) is 8.45. The molecule has 0 N–H and O–H groups in total. The molecule has 0 saturated heterocycles. The van der Waals surface area contributed by atoms with Gasteiger partial charge in [-0.2, -0.15) is 0 Å². The summed E-state index contributed by atoms with van der Waals surface area (Å²) in [6.07, 6.45) is -0.0444. The second kappa shape index (κ2) is 6.83. The Balaban J connectivity index is 2.79. The third-order valence-electron chi connectivity index (χ3n) is 2.63. The summed E-state index contributed by atoms with van der Waals surface area (Å²) in [7, 11) is 0. The molecule has 0 heterocycles. The molecule has 0 saturated carbocycles. The zero-order valence-electron chi connectivity index (χ0n) is 10.4. The molecule has 1 aromatic rings. The summed E-state index contributed by atoms with van der Waals surface area (Å²) in [6.45, 7) is 4.38. The van der Waals surface area contributed by atoms with E-state index in [4.69, 9.17) is 0 Å². The van der Waals surface area contributed by atoms with Crippen LogP contribution in [0.1, 0.15) is 19.4 Å². The van der Waals surface area contributed by atoms with Crippen LogP contribution >= 0.6 is 15.9 Å². The van der Waals surface area contributed by atoms with E-state index in [1.54, 1.807) is 4.90 Å². The molecule has 0 aliphatic carbocycles. The van der Waals surface area contributed by atoms with Crippen LogP contribution < -0.4 is 0 Å². The van der Waals surface area contributed by atoms with E-state index in [9.17, 15) is 13.6 Å². The van der Waals surface area contributed by atoms with Gasteiger partial charge in [0.15, 0.2) is 0 Å². The van der Waals surface area contributed by atoms with Gasteiger partial charge in [-0.05, 0) is 25.5 Å². The van der Waals surface area contributed by atoms with Crippen molar-refractivity contribution in [2.45, 2.75) is 26.3 Å². The van der Waals surface area contributed by atoms with Crippen LogP contribution in [-0.4, -0.2) is 28.7 Å². The minimum atomic E-state index is -0.675. The first kappa shape index (κ1) is 15.1. The number of carbonyl (C=O) groups is 1. The Morgan fingerprint density at radius 2 is 2.06 bits per heavy atom. The molecule has 100 valence electrons. The number of halogens is 3. The topological polar surface area (TPSA) is 20.3 Å². The van der Waals surface area contributed by atoms with Crippen molar-refractivity contribution >= 4 is 21.8 Å². The van der Waals surface area contributed by atoms with Crippen molar-refractivity contribution in [3.63, 3.8) is 0 Å². The summed E-state index contributed by atoms with van der Waals surface area (Å²) in [5.41, 5.74) is 0.224. The Morgan fingerprint density at radius 3 is 2.56 bits per heavy atom. The number of hydrogen-bond acceptors (Lipinski definition) is 1. The highest BCUT2D eigenvalue weighted by Crippen LogP contribution is 2.12. The van der Waals surface area contributed by atoms with Gasteiger partial charge in [0.25, 0.3) is 0 Å². The molecule has 0 radical (unpaired) electrons. The number of hydrogen-bond donors (Lipinski definition) is 0. The minimum absolute atomic E-state index is 0.0444. The number of alkyl halides is 1. The average molecular weight is 320 g/mol. The number of amides is 1. The molecule has 0 aliphatic heterocycles. The van der Waals surface area contributed by atoms with Crippen LogP contribution in [-0.2, 0) is 11.2 Å². The van der Waals surface area contributed by atoms with Gasteiger partial charge < -0.3 is 4.90 Å². The third-order valence-corrected chi connectivity index (χ3v) is 2.98. The molecule has 5 heteroatoms. The molecule has 0 atom stereocenters. The lowest BCUT2D eigenvalue weighted by atomic mass is 10.1. The molecule has 1 aromatic carbocycles. The smallest absolute Gasteiger partial charge is 0.227 e. The van der Waals surface area contributed by atoms with Crippen molar-refractivity contribution in [3.8, 4) is 0 Å². The molecule has 0 bridgehead atoms. The first-order valence-corrected chi connectivity index (χ1v) is 6.87. The summed E-state index contributed by atoms with van der Waals surface area (Å²) in [6, 6.07) is 3.33. The molecule has 0 aliphatic rings. The predicted molar refractivity (Wildman–Crippen MR) is 70.7 cm³/mol. The second-order valence-corrected chi connectivity index (χ2v) is 5.08. The van der Waals surface area contributed by atoms with E-state index in [-0.39, 0.29) is 23.9 Å². The van der Waals surface area contributed by atoms with E-state index in [1.165, 1.54) is 6.07 Å². The Labute approximate surface area is 114 Å². The summed E-state index contributed by atoms with van der Waals surface area (Å²) >= 11 is 3.28. The van der Waals surface area contributed by atoms with E-state index in [1.807, 2.05) is 13.8 Å². The molecule has 0 spiro atoms. The normalized spacial score (nSPS) is 10.8. The average Bonchev–Trinajstić information content (AvgIpc) is 2.29. The van der Waals surface area contributed by atoms with Gasteiger partial charge in [0.2, 0.25) is 5.91 Å². The number of carbonyl (C=O) groups excluding carboxylic acids is 1. The Bertz CT molecular complexity index is 423. The van der Waals surface area contributed by atoms with E-state index >= 15 is 0 Å². The van der Waals surface area contributed by atoms with E-state index < -0.39 is 11.6 Å². The lowest BCUT2D eigenvalue weighted by Gasteiger charge is -2.26. The van der Waals surface area contributed by atoms with Crippen molar-refractivity contribution in [1.82, 2.24) is 4.90 Å². The molecule has 0 unspecified atom stereocenters. The third kappa shape index (κ3) is 4.05. The van der Waals surface area contributed by atoms with Crippen LogP contribution in [0.15, 0.2) is 18.2 Å². The fourth-order valence-corrected chi connectivity index (χ4v) is 2.07. The minimum Gasteiger partial charge on any atom is -0.339 e. The van der Waals surface area contributed by atoms with Crippen molar-refractivity contribution < 1.29 is 13.6 Å². The molecule has 0 aromatic heterocycles. The van der Waals surface area contributed by atoms with E-state index in [2.05, 4.69) is 15.9 Å². The molecule has 0 fully saturated rings. The summed E-state index contributed by atoms with van der Waals surface area (Å²) in [5.74, 6) is -1.47. The van der Waals surface area contributed by atoms with Crippen molar-refractivity contribution in [2.75, 3.05) is 11.9 Å². The van der Waals surface area contributed by atoms with Gasteiger partial charge in [-0.1, -0.05) is 22.0 Å². The summed E-state index contributed by atoms with van der Waals surface area (Å²) in [4.78, 5) is 13.7. The number of nitrogens with zero attached hydrogens (tertiary/aromatic N) is 1. The lowest BCUT2D eigenvalue weighted by Crippen LogP contribution is -2.39. The van der Waals surface area contributed by atoms with Crippen molar-refractivity contribution in [1.29, 1.82) is 0 Å². The highest BCUT2D eigenvalue weighted by atomic mass is 79.9. The van der Waals surface area contributed by atoms with Gasteiger partial charge in [-0.15, -0.1) is 0 Å². The van der Waals surface area contributed by atoms with Gasteiger partial charge in [0.05, 0.1) is 6.42 Å². The maximum absolute atomic E-state index is 13.4. The maximum Gasteiger partial charge on any atom is 0.227 e. The number of rotatable bonds is 5. The van der Waals surface area contributed by atoms with Gasteiger partial charge in [0.1, 0.15) is 11.6 Å². The largest absolute Gasteiger partial charge is 0.339 e. The van der Waals surface area contributed by atoms with E-state index in [0.717, 1.165) is 12.1 Å². The van der Waals surface area contributed by atoms with Crippen LogP contribution in [0.4, 0.5) is 8.78 Å². The fraction of sp³-hybridized carbons (Fsp3) is 0.462. The van der Waals surface area contributed by atoms with E-state index in [0.29, 0.717) is 11.9 Å². The first-order valence-electron chi connectivity index (χ1n) is 5.75. The summed E-state index contributed by atoms with van der Waals surface area (Å²) in [5, 5.41) is 0.669. The Kier molecular flexibility index (Phi) is 5.72. The lowest BCUT2D eigenvalue weighted by molar-refractivity contribution is -0.131. The van der Waals surface area contributed by atoms with Crippen LogP contribution in [0.5, 0.6) is 0 Å². The van der Waals surface area contributed by atoms with Gasteiger partial charge in [-0.25, -0.2) is 8.78 Å². The summed E-state index contributed by atoms with van der Waals surface area (Å²) < 4.78 is 26.2. The maximum atomic E-state index is 13.4. The van der Waals surface area contributed by atoms with Gasteiger partial charge in [-0.3, -0.25) is 4.79 Å². The fourth-order valence-electron chi connectivity index (χ4n) is 1.69. The predicted octanol–water partition coefficient (Wildman–Crippen LogP) is 3.14. The Hall–Kier alpha value is -0.970. The van der Waals surface area contributed by atoms with Crippen LogP contribution in [0.2, 0.25) is 0 Å². The quantitative estimate of drug-likeness (QED) is 0.763. The van der Waals surface area contributed by atoms with Crippen LogP contribution in [0.25, 0.3) is 0 Å². The standard InChI is InChI=1S/C13H16BrF2NO/c1-9(2)17(6-5-14)13(18)7-10-3-4-11(15)8-12(10)16/h3-4,8-9H,5-7H2,1-2H3. The zero-order chi connectivity index (χ0) is 13.7. The van der Waals surface area contributed by atoms with Crippen LogP contribution in [0.3, 0.4) is 0 Å². The van der Waals surface area contributed by atoms with Crippen molar-refractivity contribution in [3.05, 3.63) is 35.4 Å². The molecular weight excluding hydrogens is 304 g/mol. The monoisotopic (exact) mass is 319 g/mol. The number of benzene rings is 1. The zero-order valence-corrected chi connectivity index (χ0v) is 12.0. The van der Waals surface area contributed by atoms with Gasteiger partial charge in [0, 0.05) is 24.0 Å². The second-order valence-electron chi connectivity index (χ2n) is 4.28. The van der Waals surface area contributed by atoms with Crippen molar-refractivity contribution in [2.24, 2.45) is 0 Å². The molecule has 1 amide bonds. The van der Waals surface area contributed by atoms with Gasteiger partial charge >= 0.3 is 0 Å². The molecule has 1 rings (SSSR count). The molecule has 18 heavy (non-hydrogen) atoms. The molecular formula is C13H16BrF2NO.